The number of carbonyl (C=O) groups excluding carboxylic acids is 2. The average molecular weight is 549 g/mol. The van der Waals surface area contributed by atoms with Crippen LogP contribution < -0.4 is 25.0 Å². The normalized spacial score (nSPS) is 15.2. The Morgan fingerprint density at radius 2 is 1.95 bits per heavy atom. The summed E-state index contributed by atoms with van der Waals surface area (Å²) in [6, 6.07) is 16.7. The van der Waals surface area contributed by atoms with Crippen molar-refractivity contribution in [2.45, 2.75) is 44.8 Å². The summed E-state index contributed by atoms with van der Waals surface area (Å²) in [5.41, 5.74) is 6.02. The maximum absolute atomic E-state index is 12.4. The van der Waals surface area contributed by atoms with Gasteiger partial charge in [0.2, 0.25) is 12.3 Å². The smallest absolute Gasteiger partial charge is 0.241 e. The molecule has 0 bridgehead atoms. The third-order valence-electron chi connectivity index (χ3n) is 6.73. The van der Waals surface area contributed by atoms with Gasteiger partial charge >= 0.3 is 0 Å². The minimum Gasteiger partial charge on any atom is -0.493 e. The largest absolute Gasteiger partial charge is 0.493 e. The maximum atomic E-state index is 12.4. The molecular formula is C30H33ClN4O4. The highest BCUT2D eigenvalue weighted by Crippen LogP contribution is 2.36. The number of para-hydroxylation sites is 1. The Morgan fingerprint density at radius 1 is 1.18 bits per heavy atom. The first-order valence-corrected chi connectivity index (χ1v) is 13.2. The van der Waals surface area contributed by atoms with Gasteiger partial charge in [-0.05, 0) is 67.4 Å². The Morgan fingerprint density at radius 3 is 2.67 bits per heavy atom. The summed E-state index contributed by atoms with van der Waals surface area (Å²) in [6.07, 6.45) is 3.36. The number of hydrogen-bond donors (Lipinski definition) is 2. The molecule has 4 rings (SSSR count). The number of anilines is 2. The van der Waals surface area contributed by atoms with Gasteiger partial charge < -0.3 is 25.0 Å². The number of halogens is 1. The van der Waals surface area contributed by atoms with Crippen LogP contribution in [-0.4, -0.2) is 44.8 Å². The molecule has 3 aromatic rings. The van der Waals surface area contributed by atoms with E-state index < -0.39 is 0 Å². The standard InChI is InChI=1S/C30H33ClN4O4/c1-19-9-28(38-4)29(14-26(19)33-16-25-13-23-7-5-6-8-27(23)35(25)18-36)39-17-22-10-21(15-31)11-24(12-22)34-30(37)20(2)32-3/h5-12,14,16,18,20,25,32H,13,15,17H2,1-4H3,(H,34,37). The summed E-state index contributed by atoms with van der Waals surface area (Å²) in [5.74, 6) is 1.27. The highest BCUT2D eigenvalue weighted by atomic mass is 35.5. The Labute approximate surface area is 234 Å². The van der Waals surface area contributed by atoms with E-state index in [0.29, 0.717) is 29.5 Å². The molecule has 1 aliphatic rings. The molecule has 0 fully saturated rings. The van der Waals surface area contributed by atoms with Crippen LogP contribution in [0.3, 0.4) is 0 Å². The minimum absolute atomic E-state index is 0.141. The summed E-state index contributed by atoms with van der Waals surface area (Å²) in [7, 11) is 3.32. The lowest BCUT2D eigenvalue weighted by Crippen LogP contribution is -2.35. The zero-order chi connectivity index (χ0) is 27.9. The van der Waals surface area contributed by atoms with Gasteiger partial charge in [0.15, 0.2) is 11.5 Å². The molecule has 0 saturated carbocycles. The van der Waals surface area contributed by atoms with Gasteiger partial charge in [-0.25, -0.2) is 0 Å². The number of methoxy groups -OCH3 is 1. The first-order chi connectivity index (χ1) is 18.9. The molecule has 39 heavy (non-hydrogen) atoms. The molecule has 9 heteroatoms. The summed E-state index contributed by atoms with van der Waals surface area (Å²) in [4.78, 5) is 30.6. The number of likely N-dealkylation sites (N-methyl/N-ethyl adjacent to an activating group) is 1. The van der Waals surface area contributed by atoms with Crippen LogP contribution in [0.25, 0.3) is 0 Å². The van der Waals surface area contributed by atoms with Crippen LogP contribution in [0.4, 0.5) is 17.1 Å². The van der Waals surface area contributed by atoms with Crippen LogP contribution in [0.2, 0.25) is 0 Å². The van der Waals surface area contributed by atoms with Crippen LogP contribution >= 0.6 is 11.6 Å². The fourth-order valence-corrected chi connectivity index (χ4v) is 4.62. The number of ether oxygens (including phenoxy) is 2. The summed E-state index contributed by atoms with van der Waals surface area (Å²) >= 11 is 6.11. The number of alkyl halides is 1. The molecule has 2 amide bonds. The number of amides is 2. The molecule has 0 saturated heterocycles. The molecule has 0 aliphatic carbocycles. The second-order valence-corrected chi connectivity index (χ2v) is 9.71. The monoisotopic (exact) mass is 548 g/mol. The number of aryl methyl sites for hydroxylation is 1. The Balaban J connectivity index is 1.53. The highest BCUT2D eigenvalue weighted by Gasteiger charge is 2.27. The molecule has 0 radical (unpaired) electrons. The van der Waals surface area contributed by atoms with E-state index in [4.69, 9.17) is 26.1 Å². The molecule has 2 N–H and O–H groups in total. The highest BCUT2D eigenvalue weighted by molar-refractivity contribution is 6.17. The van der Waals surface area contributed by atoms with Crippen molar-refractivity contribution in [2.75, 3.05) is 24.4 Å². The number of carbonyl (C=O) groups is 2. The van der Waals surface area contributed by atoms with Crippen LogP contribution in [-0.2, 0) is 28.5 Å². The van der Waals surface area contributed by atoms with E-state index in [0.717, 1.165) is 40.0 Å². The van der Waals surface area contributed by atoms with E-state index in [1.165, 1.54) is 0 Å². The summed E-state index contributed by atoms with van der Waals surface area (Å²) in [6.45, 7) is 3.97. The number of hydrogen-bond acceptors (Lipinski definition) is 6. The van der Waals surface area contributed by atoms with Crippen molar-refractivity contribution < 1.29 is 19.1 Å². The summed E-state index contributed by atoms with van der Waals surface area (Å²) in [5, 5.41) is 5.84. The van der Waals surface area contributed by atoms with Gasteiger partial charge in [-0.2, -0.15) is 0 Å². The second kappa shape index (κ2) is 12.8. The second-order valence-electron chi connectivity index (χ2n) is 9.44. The number of rotatable bonds is 11. The van der Waals surface area contributed by atoms with E-state index in [1.54, 1.807) is 32.2 Å². The molecule has 1 aliphatic heterocycles. The molecule has 2 atom stereocenters. The van der Waals surface area contributed by atoms with Crippen LogP contribution in [0, 0.1) is 6.92 Å². The van der Waals surface area contributed by atoms with Gasteiger partial charge in [0.05, 0.1) is 24.9 Å². The van der Waals surface area contributed by atoms with Crippen molar-refractivity contribution in [1.29, 1.82) is 0 Å². The molecule has 3 aromatic carbocycles. The predicted octanol–water partition coefficient (Wildman–Crippen LogP) is 5.16. The third kappa shape index (κ3) is 6.58. The summed E-state index contributed by atoms with van der Waals surface area (Å²) < 4.78 is 11.7. The molecule has 1 heterocycles. The fraction of sp³-hybridized carbons (Fsp3) is 0.300. The lowest BCUT2D eigenvalue weighted by atomic mass is 10.1. The van der Waals surface area contributed by atoms with Crippen molar-refractivity contribution in [3.8, 4) is 11.5 Å². The SMILES string of the molecule is CNC(C)C(=O)Nc1cc(CCl)cc(COc2cc(N=CC3Cc4ccccc4N3C=O)c(C)cc2OC)c1. The molecule has 8 nitrogen and oxygen atoms in total. The van der Waals surface area contributed by atoms with Crippen LogP contribution in [0.1, 0.15) is 29.2 Å². The number of nitrogens with one attached hydrogen (secondary N) is 2. The first kappa shape index (κ1) is 28.1. The fourth-order valence-electron chi connectivity index (χ4n) is 4.46. The lowest BCUT2D eigenvalue weighted by Gasteiger charge is -2.17. The topological polar surface area (TPSA) is 92.3 Å². The zero-order valence-corrected chi connectivity index (χ0v) is 23.3. The van der Waals surface area contributed by atoms with E-state index >= 15 is 0 Å². The molecular weight excluding hydrogens is 516 g/mol. The van der Waals surface area contributed by atoms with Crippen molar-refractivity contribution in [3.63, 3.8) is 0 Å². The predicted molar refractivity (Wildman–Crippen MR) is 156 cm³/mol. The zero-order valence-electron chi connectivity index (χ0n) is 22.5. The molecule has 204 valence electrons. The van der Waals surface area contributed by atoms with Crippen molar-refractivity contribution >= 4 is 47.2 Å². The van der Waals surface area contributed by atoms with Gasteiger partial charge in [0.25, 0.3) is 0 Å². The maximum Gasteiger partial charge on any atom is 0.241 e. The minimum atomic E-state index is -0.336. The quantitative estimate of drug-likeness (QED) is 0.196. The Hall–Kier alpha value is -3.88. The molecule has 2 unspecified atom stereocenters. The van der Waals surface area contributed by atoms with Gasteiger partial charge in [0.1, 0.15) is 6.61 Å². The van der Waals surface area contributed by atoms with Gasteiger partial charge in [-0.1, -0.05) is 24.3 Å². The van der Waals surface area contributed by atoms with E-state index in [9.17, 15) is 9.59 Å². The Bertz CT molecular complexity index is 1380. The van der Waals surface area contributed by atoms with E-state index in [-0.39, 0.29) is 24.6 Å². The van der Waals surface area contributed by atoms with Gasteiger partial charge in [-0.15, -0.1) is 11.6 Å². The van der Waals surface area contributed by atoms with Gasteiger partial charge in [-0.3, -0.25) is 14.6 Å². The Kier molecular flexibility index (Phi) is 9.22. The molecule has 0 aromatic heterocycles. The van der Waals surface area contributed by atoms with Gasteiger partial charge in [0, 0.05) is 36.0 Å². The number of nitrogens with zero attached hydrogens (tertiary/aromatic N) is 2. The van der Waals surface area contributed by atoms with E-state index in [2.05, 4.69) is 10.6 Å². The number of aliphatic imine (C=N–C) groups is 1. The van der Waals surface area contributed by atoms with Crippen LogP contribution in [0.5, 0.6) is 11.5 Å². The van der Waals surface area contributed by atoms with Crippen LogP contribution in [0.15, 0.2) is 59.6 Å². The number of fused-ring (bicyclic) bond motifs is 1. The first-order valence-electron chi connectivity index (χ1n) is 12.7. The molecule has 0 spiro atoms. The van der Waals surface area contributed by atoms with Crippen molar-refractivity contribution in [1.82, 2.24) is 5.32 Å². The van der Waals surface area contributed by atoms with Crippen molar-refractivity contribution in [2.24, 2.45) is 4.99 Å². The number of benzene rings is 3. The van der Waals surface area contributed by atoms with Crippen molar-refractivity contribution in [3.05, 3.63) is 76.9 Å². The average Bonchev–Trinajstić information content (AvgIpc) is 3.32. The third-order valence-corrected chi connectivity index (χ3v) is 7.04. The van der Waals surface area contributed by atoms with E-state index in [1.807, 2.05) is 61.5 Å². The lowest BCUT2D eigenvalue weighted by molar-refractivity contribution is -0.117.